The Bertz CT molecular complexity index is 1110. The maximum Gasteiger partial charge on any atom is 0.196 e. The SMILES string of the molecule is Clc1ccc(CSc2nnc(C3CC3)n2-c2ccccc2)c2ncccc12. The summed E-state index contributed by atoms with van der Waals surface area (Å²) in [4.78, 5) is 4.54. The number of para-hydroxylation sites is 1. The predicted molar refractivity (Wildman–Crippen MR) is 110 cm³/mol. The normalized spacial score (nSPS) is 14.0. The molecule has 0 N–H and O–H groups in total. The highest BCUT2D eigenvalue weighted by molar-refractivity contribution is 7.98. The van der Waals surface area contributed by atoms with Gasteiger partial charge in [-0.05, 0) is 48.7 Å². The molecule has 0 aliphatic heterocycles. The van der Waals surface area contributed by atoms with E-state index in [0.29, 0.717) is 5.92 Å². The van der Waals surface area contributed by atoms with Crippen molar-refractivity contribution in [2.45, 2.75) is 29.7 Å². The van der Waals surface area contributed by atoms with Crippen molar-refractivity contribution in [3.63, 3.8) is 0 Å². The molecular formula is C21H17ClN4S. The minimum absolute atomic E-state index is 0.532. The number of aromatic nitrogens is 4. The summed E-state index contributed by atoms with van der Waals surface area (Å²) in [5.74, 6) is 2.37. The van der Waals surface area contributed by atoms with Crippen molar-refractivity contribution in [1.29, 1.82) is 0 Å². The van der Waals surface area contributed by atoms with Gasteiger partial charge in [0.15, 0.2) is 5.16 Å². The van der Waals surface area contributed by atoms with Gasteiger partial charge in [0.05, 0.1) is 5.52 Å². The Morgan fingerprint density at radius 3 is 2.67 bits per heavy atom. The Hall–Kier alpha value is -2.37. The van der Waals surface area contributed by atoms with Crippen LogP contribution in [0.4, 0.5) is 0 Å². The number of hydrogen-bond donors (Lipinski definition) is 0. The van der Waals surface area contributed by atoms with E-state index in [0.717, 1.165) is 43.9 Å². The van der Waals surface area contributed by atoms with Gasteiger partial charge in [0.25, 0.3) is 0 Å². The maximum absolute atomic E-state index is 6.32. The molecule has 0 radical (unpaired) electrons. The third-order valence-corrected chi connectivity index (χ3v) is 6.08. The number of fused-ring (bicyclic) bond motifs is 1. The molecule has 0 atom stereocenters. The fraction of sp³-hybridized carbons (Fsp3) is 0.190. The fourth-order valence-corrected chi connectivity index (χ4v) is 4.42. The number of rotatable bonds is 5. The van der Waals surface area contributed by atoms with Gasteiger partial charge in [0.2, 0.25) is 0 Å². The highest BCUT2D eigenvalue weighted by Crippen LogP contribution is 2.41. The zero-order valence-electron chi connectivity index (χ0n) is 14.5. The van der Waals surface area contributed by atoms with E-state index in [1.54, 1.807) is 11.8 Å². The average Bonchev–Trinajstić information content (AvgIpc) is 3.48. The summed E-state index contributed by atoms with van der Waals surface area (Å²) in [6.45, 7) is 0. The monoisotopic (exact) mass is 392 g/mol. The van der Waals surface area contributed by atoms with Gasteiger partial charge < -0.3 is 0 Å². The highest BCUT2D eigenvalue weighted by atomic mass is 35.5. The summed E-state index contributed by atoms with van der Waals surface area (Å²) in [6.07, 6.45) is 4.20. The Labute approximate surface area is 166 Å². The third kappa shape index (κ3) is 3.22. The molecule has 4 nitrogen and oxygen atoms in total. The largest absolute Gasteiger partial charge is 0.274 e. The molecule has 0 unspecified atom stereocenters. The second-order valence-electron chi connectivity index (χ2n) is 6.68. The van der Waals surface area contributed by atoms with Crippen LogP contribution >= 0.6 is 23.4 Å². The first kappa shape index (κ1) is 16.8. The zero-order valence-corrected chi connectivity index (χ0v) is 16.1. The molecule has 27 heavy (non-hydrogen) atoms. The summed E-state index contributed by atoms with van der Waals surface area (Å²) in [5, 5.41) is 11.6. The Balaban J connectivity index is 1.50. The quantitative estimate of drug-likeness (QED) is 0.412. The standard InChI is InChI=1S/C21H17ClN4S/c22-18-11-10-15(19-17(18)7-4-12-23-19)13-27-21-25-24-20(14-8-9-14)26(21)16-5-2-1-3-6-16/h1-7,10-12,14H,8-9,13H2. The number of pyridine rings is 1. The van der Waals surface area contributed by atoms with Crippen LogP contribution in [0.15, 0.2) is 66.0 Å². The Morgan fingerprint density at radius 1 is 1.00 bits per heavy atom. The number of benzene rings is 2. The van der Waals surface area contributed by atoms with Crippen LogP contribution in [-0.4, -0.2) is 19.7 Å². The van der Waals surface area contributed by atoms with E-state index in [1.807, 2.05) is 30.5 Å². The van der Waals surface area contributed by atoms with E-state index < -0.39 is 0 Å². The van der Waals surface area contributed by atoms with Gasteiger partial charge in [-0.15, -0.1) is 10.2 Å². The lowest BCUT2D eigenvalue weighted by Crippen LogP contribution is -2.01. The summed E-state index contributed by atoms with van der Waals surface area (Å²) in [6, 6.07) is 18.3. The van der Waals surface area contributed by atoms with Crippen LogP contribution in [0.1, 0.15) is 30.1 Å². The van der Waals surface area contributed by atoms with E-state index in [2.05, 4.69) is 50.1 Å². The summed E-state index contributed by atoms with van der Waals surface area (Å²) < 4.78 is 2.20. The van der Waals surface area contributed by atoms with E-state index in [1.165, 1.54) is 12.8 Å². The average molecular weight is 393 g/mol. The lowest BCUT2D eigenvalue weighted by molar-refractivity contribution is 0.829. The van der Waals surface area contributed by atoms with Crippen LogP contribution in [0.25, 0.3) is 16.6 Å². The molecule has 6 heteroatoms. The molecule has 1 saturated carbocycles. The molecule has 0 bridgehead atoms. The molecule has 0 saturated heterocycles. The number of hydrogen-bond acceptors (Lipinski definition) is 4. The minimum Gasteiger partial charge on any atom is -0.274 e. The molecule has 0 spiro atoms. The molecule has 0 amide bonds. The van der Waals surface area contributed by atoms with Gasteiger partial charge in [0.1, 0.15) is 5.82 Å². The molecule has 5 rings (SSSR count). The predicted octanol–water partition coefficient (Wildman–Crippen LogP) is 5.64. The molecule has 2 aromatic carbocycles. The molecule has 4 aromatic rings. The first-order valence-electron chi connectivity index (χ1n) is 8.97. The van der Waals surface area contributed by atoms with Crippen molar-refractivity contribution >= 4 is 34.3 Å². The second kappa shape index (κ2) is 6.98. The summed E-state index contributed by atoms with van der Waals surface area (Å²) >= 11 is 8.01. The first-order chi connectivity index (χ1) is 13.3. The highest BCUT2D eigenvalue weighted by Gasteiger charge is 2.31. The molecule has 134 valence electrons. The van der Waals surface area contributed by atoms with E-state index in [4.69, 9.17) is 11.6 Å². The lowest BCUT2D eigenvalue weighted by Gasteiger charge is -2.10. The molecule has 1 fully saturated rings. The van der Waals surface area contributed by atoms with Crippen LogP contribution in [-0.2, 0) is 5.75 Å². The van der Waals surface area contributed by atoms with Crippen molar-refractivity contribution in [2.75, 3.05) is 0 Å². The number of nitrogens with zero attached hydrogens (tertiary/aromatic N) is 4. The zero-order chi connectivity index (χ0) is 18.2. The minimum atomic E-state index is 0.532. The molecule has 2 aromatic heterocycles. The third-order valence-electron chi connectivity index (χ3n) is 4.77. The molecule has 1 aliphatic rings. The first-order valence-corrected chi connectivity index (χ1v) is 10.3. The smallest absolute Gasteiger partial charge is 0.196 e. The number of halogens is 1. The van der Waals surface area contributed by atoms with Crippen LogP contribution in [0, 0.1) is 0 Å². The van der Waals surface area contributed by atoms with Crippen molar-refractivity contribution in [3.8, 4) is 5.69 Å². The Morgan fingerprint density at radius 2 is 1.85 bits per heavy atom. The van der Waals surface area contributed by atoms with Crippen molar-refractivity contribution in [3.05, 3.63) is 77.2 Å². The van der Waals surface area contributed by atoms with Crippen LogP contribution in [0.5, 0.6) is 0 Å². The van der Waals surface area contributed by atoms with Crippen molar-refractivity contribution in [2.24, 2.45) is 0 Å². The number of thioether (sulfide) groups is 1. The summed E-state index contributed by atoms with van der Waals surface area (Å²) in [7, 11) is 0. The van der Waals surface area contributed by atoms with Crippen LogP contribution in [0.3, 0.4) is 0 Å². The molecule has 2 heterocycles. The second-order valence-corrected chi connectivity index (χ2v) is 8.03. The van der Waals surface area contributed by atoms with Crippen LogP contribution in [0.2, 0.25) is 5.02 Å². The van der Waals surface area contributed by atoms with E-state index in [-0.39, 0.29) is 0 Å². The molecule has 1 aliphatic carbocycles. The van der Waals surface area contributed by atoms with Gasteiger partial charge in [-0.1, -0.05) is 47.6 Å². The fourth-order valence-electron chi connectivity index (χ4n) is 3.26. The molecular weight excluding hydrogens is 376 g/mol. The van der Waals surface area contributed by atoms with Gasteiger partial charge in [-0.2, -0.15) is 0 Å². The van der Waals surface area contributed by atoms with Gasteiger partial charge in [-0.3, -0.25) is 9.55 Å². The lowest BCUT2D eigenvalue weighted by atomic mass is 10.1. The van der Waals surface area contributed by atoms with Gasteiger partial charge >= 0.3 is 0 Å². The van der Waals surface area contributed by atoms with Crippen molar-refractivity contribution < 1.29 is 0 Å². The summed E-state index contributed by atoms with van der Waals surface area (Å²) in [5.41, 5.74) is 3.22. The Kier molecular flexibility index (Phi) is 4.34. The van der Waals surface area contributed by atoms with E-state index >= 15 is 0 Å². The topological polar surface area (TPSA) is 43.6 Å². The van der Waals surface area contributed by atoms with Crippen molar-refractivity contribution in [1.82, 2.24) is 19.7 Å². The van der Waals surface area contributed by atoms with Gasteiger partial charge in [0, 0.05) is 34.0 Å². The van der Waals surface area contributed by atoms with Gasteiger partial charge in [-0.25, -0.2) is 0 Å². The van der Waals surface area contributed by atoms with E-state index in [9.17, 15) is 0 Å². The van der Waals surface area contributed by atoms with Crippen LogP contribution < -0.4 is 0 Å². The maximum atomic E-state index is 6.32.